The minimum Gasteiger partial charge on any atom is -0.496 e. The first kappa shape index (κ1) is 14.4. The summed E-state index contributed by atoms with van der Waals surface area (Å²) in [5, 5.41) is 3.39. The van der Waals surface area contributed by atoms with Crippen molar-refractivity contribution in [1.29, 1.82) is 0 Å². The fourth-order valence-electron chi connectivity index (χ4n) is 2.95. The first-order valence-electron chi connectivity index (χ1n) is 7.26. The Bertz CT molecular complexity index is 394. The van der Waals surface area contributed by atoms with Gasteiger partial charge in [-0.15, -0.1) is 0 Å². The van der Waals surface area contributed by atoms with Crippen LogP contribution >= 0.6 is 0 Å². The Morgan fingerprint density at radius 2 is 2.21 bits per heavy atom. The molecule has 0 amide bonds. The summed E-state index contributed by atoms with van der Waals surface area (Å²) < 4.78 is 5.44. The van der Waals surface area contributed by atoms with Crippen LogP contribution in [0.15, 0.2) is 24.3 Å². The van der Waals surface area contributed by atoms with Gasteiger partial charge in [-0.05, 0) is 45.3 Å². The zero-order chi connectivity index (χ0) is 13.7. The molecule has 3 heteroatoms. The number of ether oxygens (including phenoxy) is 1. The van der Waals surface area contributed by atoms with Crippen molar-refractivity contribution >= 4 is 0 Å². The molecule has 0 radical (unpaired) electrons. The number of hydrogen-bond acceptors (Lipinski definition) is 3. The van der Waals surface area contributed by atoms with Crippen LogP contribution in [0, 0.1) is 5.92 Å². The van der Waals surface area contributed by atoms with Crippen LogP contribution in [0.3, 0.4) is 0 Å². The van der Waals surface area contributed by atoms with Gasteiger partial charge in [-0.25, -0.2) is 0 Å². The highest BCUT2D eigenvalue weighted by atomic mass is 16.5. The van der Waals surface area contributed by atoms with Crippen LogP contribution in [0.25, 0.3) is 0 Å². The van der Waals surface area contributed by atoms with Crippen LogP contribution in [0.1, 0.15) is 25.3 Å². The summed E-state index contributed by atoms with van der Waals surface area (Å²) in [6, 6.07) is 8.94. The Labute approximate surface area is 116 Å². The Morgan fingerprint density at radius 1 is 1.42 bits per heavy atom. The van der Waals surface area contributed by atoms with E-state index in [9.17, 15) is 0 Å². The average Bonchev–Trinajstić information content (AvgIpc) is 2.47. The van der Waals surface area contributed by atoms with E-state index in [1.165, 1.54) is 31.5 Å². The van der Waals surface area contributed by atoms with E-state index in [2.05, 4.69) is 36.3 Å². The van der Waals surface area contributed by atoms with Gasteiger partial charge in [0.05, 0.1) is 7.11 Å². The Balaban J connectivity index is 1.98. The number of nitrogens with zero attached hydrogens (tertiary/aromatic N) is 1. The molecule has 1 heterocycles. The second-order valence-electron chi connectivity index (χ2n) is 5.53. The summed E-state index contributed by atoms with van der Waals surface area (Å²) in [7, 11) is 3.81. The Kier molecular flexibility index (Phi) is 5.23. The van der Waals surface area contributed by atoms with Gasteiger partial charge in [-0.3, -0.25) is 4.90 Å². The molecule has 2 rings (SSSR count). The van der Waals surface area contributed by atoms with Crippen molar-refractivity contribution < 1.29 is 4.74 Å². The van der Waals surface area contributed by atoms with E-state index < -0.39 is 0 Å². The summed E-state index contributed by atoms with van der Waals surface area (Å²) in [5.41, 5.74) is 1.29. The highest BCUT2D eigenvalue weighted by Crippen LogP contribution is 2.24. The maximum absolute atomic E-state index is 5.44. The Hall–Kier alpha value is -1.06. The molecule has 0 saturated carbocycles. The largest absolute Gasteiger partial charge is 0.496 e. The molecule has 0 aliphatic carbocycles. The molecule has 2 unspecified atom stereocenters. The van der Waals surface area contributed by atoms with E-state index in [1.54, 1.807) is 7.11 Å². The third-order valence-electron chi connectivity index (χ3n) is 4.29. The van der Waals surface area contributed by atoms with Crippen LogP contribution in [0.2, 0.25) is 0 Å². The maximum atomic E-state index is 5.44. The van der Waals surface area contributed by atoms with Gasteiger partial charge in [0.15, 0.2) is 0 Å². The van der Waals surface area contributed by atoms with Gasteiger partial charge < -0.3 is 10.1 Å². The number of benzene rings is 1. The second-order valence-corrected chi connectivity index (χ2v) is 5.53. The first-order valence-corrected chi connectivity index (χ1v) is 7.26. The number of nitrogens with one attached hydrogen (secondary N) is 1. The smallest absolute Gasteiger partial charge is 0.123 e. The predicted octanol–water partition coefficient (Wildman–Crippen LogP) is 2.52. The third-order valence-corrected chi connectivity index (χ3v) is 4.29. The van der Waals surface area contributed by atoms with Crippen molar-refractivity contribution in [2.75, 3.05) is 27.2 Å². The molecule has 106 valence electrons. The number of piperidine rings is 1. The van der Waals surface area contributed by atoms with Crippen LogP contribution in [0.4, 0.5) is 0 Å². The molecule has 1 fully saturated rings. The summed E-state index contributed by atoms with van der Waals surface area (Å²) in [5.74, 6) is 1.76. The van der Waals surface area contributed by atoms with E-state index in [-0.39, 0.29) is 0 Å². The lowest BCUT2D eigenvalue weighted by Gasteiger charge is -2.35. The van der Waals surface area contributed by atoms with E-state index >= 15 is 0 Å². The fraction of sp³-hybridized carbons (Fsp3) is 0.625. The molecule has 0 aromatic heterocycles. The van der Waals surface area contributed by atoms with E-state index in [0.717, 1.165) is 18.2 Å². The van der Waals surface area contributed by atoms with Crippen molar-refractivity contribution in [2.45, 2.75) is 32.4 Å². The molecule has 1 aliphatic rings. The van der Waals surface area contributed by atoms with Gasteiger partial charge in [-0.1, -0.05) is 18.2 Å². The highest BCUT2D eigenvalue weighted by Gasteiger charge is 2.24. The molecule has 19 heavy (non-hydrogen) atoms. The second kappa shape index (κ2) is 6.92. The molecule has 2 atom stereocenters. The van der Waals surface area contributed by atoms with Crippen LogP contribution in [-0.4, -0.2) is 38.2 Å². The quantitative estimate of drug-likeness (QED) is 0.882. The standard InChI is InChI=1S/C16H26N2O/c1-13(17-2)14-8-6-10-18(11-14)12-15-7-4-5-9-16(15)19-3/h4-5,7,9,13-14,17H,6,8,10-12H2,1-3H3. The number of para-hydroxylation sites is 1. The number of methoxy groups -OCH3 is 1. The van der Waals surface area contributed by atoms with Crippen molar-refractivity contribution in [3.63, 3.8) is 0 Å². The minimum absolute atomic E-state index is 0.598. The molecule has 1 aromatic carbocycles. The van der Waals surface area contributed by atoms with Crippen molar-refractivity contribution in [3.05, 3.63) is 29.8 Å². The summed E-state index contributed by atoms with van der Waals surface area (Å²) in [6.07, 6.45) is 2.64. The normalized spacial score (nSPS) is 22.2. The third kappa shape index (κ3) is 3.71. The molecule has 1 aromatic rings. The lowest BCUT2D eigenvalue weighted by molar-refractivity contribution is 0.146. The van der Waals surface area contributed by atoms with Gasteiger partial charge in [0, 0.05) is 24.7 Å². The maximum Gasteiger partial charge on any atom is 0.123 e. The highest BCUT2D eigenvalue weighted by molar-refractivity contribution is 5.33. The average molecular weight is 262 g/mol. The predicted molar refractivity (Wildman–Crippen MR) is 79.5 cm³/mol. The zero-order valence-corrected chi connectivity index (χ0v) is 12.4. The van der Waals surface area contributed by atoms with E-state index in [4.69, 9.17) is 4.74 Å². The number of rotatable bonds is 5. The van der Waals surface area contributed by atoms with Crippen molar-refractivity contribution in [1.82, 2.24) is 10.2 Å². The summed E-state index contributed by atoms with van der Waals surface area (Å²) in [6.45, 7) is 5.67. The van der Waals surface area contributed by atoms with E-state index in [1.807, 2.05) is 12.1 Å². The lowest BCUT2D eigenvalue weighted by atomic mass is 9.91. The molecular weight excluding hydrogens is 236 g/mol. The van der Waals surface area contributed by atoms with Gasteiger partial charge in [-0.2, -0.15) is 0 Å². The number of likely N-dealkylation sites (tertiary alicyclic amines) is 1. The zero-order valence-electron chi connectivity index (χ0n) is 12.4. The first-order chi connectivity index (χ1) is 9.24. The van der Waals surface area contributed by atoms with Gasteiger partial charge >= 0.3 is 0 Å². The molecule has 0 spiro atoms. The number of hydrogen-bond donors (Lipinski definition) is 1. The SMILES string of the molecule is CNC(C)C1CCCN(Cc2ccccc2OC)C1. The summed E-state index contributed by atoms with van der Waals surface area (Å²) >= 11 is 0. The monoisotopic (exact) mass is 262 g/mol. The summed E-state index contributed by atoms with van der Waals surface area (Å²) in [4.78, 5) is 2.56. The van der Waals surface area contributed by atoms with Crippen molar-refractivity contribution in [3.8, 4) is 5.75 Å². The molecule has 1 aliphatic heterocycles. The van der Waals surface area contributed by atoms with Gasteiger partial charge in [0.1, 0.15) is 5.75 Å². The van der Waals surface area contributed by atoms with Gasteiger partial charge in [0.25, 0.3) is 0 Å². The Morgan fingerprint density at radius 3 is 2.95 bits per heavy atom. The van der Waals surface area contributed by atoms with Gasteiger partial charge in [0.2, 0.25) is 0 Å². The van der Waals surface area contributed by atoms with Crippen LogP contribution < -0.4 is 10.1 Å². The molecule has 1 saturated heterocycles. The van der Waals surface area contributed by atoms with Crippen molar-refractivity contribution in [2.24, 2.45) is 5.92 Å². The minimum atomic E-state index is 0.598. The molecule has 3 nitrogen and oxygen atoms in total. The topological polar surface area (TPSA) is 24.5 Å². The lowest BCUT2D eigenvalue weighted by Crippen LogP contribution is -2.43. The fourth-order valence-corrected chi connectivity index (χ4v) is 2.95. The molecule has 0 bridgehead atoms. The molecular formula is C16H26N2O. The van der Waals surface area contributed by atoms with E-state index in [0.29, 0.717) is 6.04 Å². The van der Waals surface area contributed by atoms with Crippen LogP contribution in [-0.2, 0) is 6.54 Å². The van der Waals surface area contributed by atoms with Crippen LogP contribution in [0.5, 0.6) is 5.75 Å². The molecule has 1 N–H and O–H groups in total.